The van der Waals surface area contributed by atoms with Gasteiger partial charge in [0.15, 0.2) is 0 Å². The zero-order valence-electron chi connectivity index (χ0n) is 21.0. The second-order valence-electron chi connectivity index (χ2n) is 9.31. The molecule has 5 aromatic rings. The summed E-state index contributed by atoms with van der Waals surface area (Å²) in [5.41, 5.74) is 6.14. The van der Waals surface area contributed by atoms with Crippen molar-refractivity contribution in [2.75, 3.05) is 4.90 Å². The Balaban J connectivity index is 1.56. The highest BCUT2D eigenvalue weighted by Gasteiger charge is 2.34. The van der Waals surface area contributed by atoms with Crippen molar-refractivity contribution in [3.8, 4) is 22.3 Å². The quantitative estimate of drug-likeness (QED) is 0.267. The Labute approximate surface area is 224 Å². The Morgan fingerprint density at radius 1 is 0.769 bits per heavy atom. The van der Waals surface area contributed by atoms with E-state index in [1.165, 1.54) is 17.9 Å². The predicted molar refractivity (Wildman–Crippen MR) is 151 cm³/mol. The van der Waals surface area contributed by atoms with Gasteiger partial charge in [0, 0.05) is 17.9 Å². The van der Waals surface area contributed by atoms with Crippen molar-refractivity contribution in [2.45, 2.75) is 6.92 Å². The Morgan fingerprint density at radius 3 is 2.26 bits per heavy atom. The number of carbonyl (C=O) groups is 3. The van der Waals surface area contributed by atoms with Crippen LogP contribution in [0.15, 0.2) is 109 Å². The van der Waals surface area contributed by atoms with Crippen molar-refractivity contribution < 1.29 is 19.5 Å². The molecule has 1 amide bonds. The molecule has 0 radical (unpaired) electrons. The van der Waals surface area contributed by atoms with Crippen molar-refractivity contribution in [1.29, 1.82) is 0 Å². The number of Topliss-reactive ketones (excluding diaryl/α,β-unsaturated/α-hetero) is 1. The average Bonchev–Trinajstić information content (AvgIpc) is 3.24. The lowest BCUT2D eigenvalue weighted by Gasteiger charge is -2.16. The molecule has 1 N–H and O–H groups in total. The van der Waals surface area contributed by atoms with E-state index in [1.54, 1.807) is 42.5 Å². The van der Waals surface area contributed by atoms with Crippen LogP contribution in [0.1, 0.15) is 33.3 Å². The molecule has 6 rings (SSSR count). The summed E-state index contributed by atoms with van der Waals surface area (Å²) < 4.78 is 0. The largest absolute Gasteiger partial charge is 0.478 e. The third-order valence-electron chi connectivity index (χ3n) is 6.82. The number of aromatic nitrogens is 1. The summed E-state index contributed by atoms with van der Waals surface area (Å²) in [6.07, 6.45) is 1.62. The molecule has 6 nitrogen and oxygen atoms in total. The molecule has 0 unspecified atom stereocenters. The normalized spacial score (nSPS) is 13.6. The van der Waals surface area contributed by atoms with E-state index in [0.29, 0.717) is 27.8 Å². The first-order valence-electron chi connectivity index (χ1n) is 12.4. The number of carboxylic acid groups (broad SMARTS) is 1. The van der Waals surface area contributed by atoms with Crippen LogP contribution < -0.4 is 4.90 Å². The maximum atomic E-state index is 13.3. The van der Waals surface area contributed by atoms with Gasteiger partial charge in [0.2, 0.25) is 11.7 Å². The fourth-order valence-electron chi connectivity index (χ4n) is 5.03. The topological polar surface area (TPSA) is 87.6 Å². The number of carboxylic acids is 1. The summed E-state index contributed by atoms with van der Waals surface area (Å²) in [6, 6.07) is 31.6. The fraction of sp³-hybridized carbons (Fsp3) is 0.0303. The number of hydrogen-bond acceptors (Lipinski definition) is 4. The molecule has 0 saturated carbocycles. The van der Waals surface area contributed by atoms with Crippen molar-refractivity contribution in [1.82, 2.24) is 4.98 Å². The van der Waals surface area contributed by atoms with Crippen LogP contribution in [0.25, 0.3) is 39.2 Å². The number of hydrogen-bond donors (Lipinski definition) is 1. The fourth-order valence-corrected chi connectivity index (χ4v) is 5.03. The summed E-state index contributed by atoms with van der Waals surface area (Å²) in [4.78, 5) is 43.8. The summed E-state index contributed by atoms with van der Waals surface area (Å²) in [5, 5.41) is 10.3. The van der Waals surface area contributed by atoms with Crippen LogP contribution in [0.5, 0.6) is 0 Å². The first kappa shape index (κ1) is 24.0. The first-order valence-corrected chi connectivity index (χ1v) is 12.4. The molecular formula is C33H22N2O4. The number of amides is 1. The second kappa shape index (κ2) is 9.50. The lowest BCUT2D eigenvalue weighted by atomic mass is 9.95. The summed E-state index contributed by atoms with van der Waals surface area (Å²) in [6.45, 7) is 1.42. The van der Waals surface area contributed by atoms with E-state index in [4.69, 9.17) is 4.98 Å². The second-order valence-corrected chi connectivity index (χ2v) is 9.31. The highest BCUT2D eigenvalue weighted by molar-refractivity contribution is 6.26. The van der Waals surface area contributed by atoms with E-state index in [2.05, 4.69) is 0 Å². The van der Waals surface area contributed by atoms with Crippen LogP contribution in [0.2, 0.25) is 0 Å². The average molecular weight is 511 g/mol. The number of nitrogens with zero attached hydrogens (tertiary/aromatic N) is 2. The zero-order valence-corrected chi connectivity index (χ0v) is 21.0. The van der Waals surface area contributed by atoms with Crippen LogP contribution in [0, 0.1) is 0 Å². The van der Waals surface area contributed by atoms with Gasteiger partial charge in [0.05, 0.1) is 28.2 Å². The highest BCUT2D eigenvalue weighted by Crippen LogP contribution is 2.37. The maximum Gasteiger partial charge on any atom is 0.335 e. The number of carbonyl (C=O) groups excluding carboxylic acids is 2. The predicted octanol–water partition coefficient (Wildman–Crippen LogP) is 6.86. The van der Waals surface area contributed by atoms with Gasteiger partial charge in [-0.3, -0.25) is 14.5 Å². The summed E-state index contributed by atoms with van der Waals surface area (Å²) in [5.74, 6) is -1.56. The van der Waals surface area contributed by atoms with Gasteiger partial charge in [0.25, 0.3) is 0 Å². The van der Waals surface area contributed by atoms with Gasteiger partial charge in [-0.25, -0.2) is 9.78 Å². The Bertz CT molecular complexity index is 1840. The molecule has 0 fully saturated rings. The SMILES string of the molecule is CC(=O)N1/C(=C\c2cc(-c3cccc(-c4ccccc4)c3)c3cc(C(=O)O)ccc3n2)C(=O)c2ccccc21. The summed E-state index contributed by atoms with van der Waals surface area (Å²) in [7, 11) is 0. The molecule has 2 heterocycles. The molecule has 0 bridgehead atoms. The zero-order chi connectivity index (χ0) is 27.1. The van der Waals surface area contributed by atoms with Crippen LogP contribution >= 0.6 is 0 Å². The molecule has 1 aliphatic rings. The number of aromatic carboxylic acids is 1. The smallest absolute Gasteiger partial charge is 0.335 e. The lowest BCUT2D eigenvalue weighted by Crippen LogP contribution is -2.25. The number of ketones is 1. The molecule has 4 aromatic carbocycles. The van der Waals surface area contributed by atoms with E-state index >= 15 is 0 Å². The molecule has 6 heteroatoms. The Kier molecular flexibility index (Phi) is 5.85. The minimum atomic E-state index is -1.03. The van der Waals surface area contributed by atoms with E-state index in [0.717, 1.165) is 22.3 Å². The number of rotatable bonds is 4. The van der Waals surface area contributed by atoms with E-state index < -0.39 is 5.97 Å². The number of fused-ring (bicyclic) bond motifs is 2. The van der Waals surface area contributed by atoms with Crippen molar-refractivity contribution in [3.05, 3.63) is 126 Å². The molecule has 0 aliphatic carbocycles. The molecule has 1 aromatic heterocycles. The van der Waals surface area contributed by atoms with Gasteiger partial charge < -0.3 is 5.11 Å². The van der Waals surface area contributed by atoms with Crippen molar-refractivity contribution >= 4 is 40.3 Å². The molecule has 0 spiro atoms. The van der Waals surface area contributed by atoms with Gasteiger partial charge in [-0.2, -0.15) is 0 Å². The van der Waals surface area contributed by atoms with Gasteiger partial charge in [-0.05, 0) is 70.8 Å². The van der Waals surface area contributed by atoms with Crippen LogP contribution in [-0.2, 0) is 4.79 Å². The van der Waals surface area contributed by atoms with Crippen molar-refractivity contribution in [2.24, 2.45) is 0 Å². The minimum absolute atomic E-state index is 0.153. The van der Waals surface area contributed by atoms with Gasteiger partial charge in [-0.15, -0.1) is 0 Å². The van der Waals surface area contributed by atoms with Crippen LogP contribution in [-0.4, -0.2) is 27.8 Å². The van der Waals surface area contributed by atoms with Crippen molar-refractivity contribution in [3.63, 3.8) is 0 Å². The molecule has 0 atom stereocenters. The van der Waals surface area contributed by atoms with E-state index in [1.807, 2.05) is 60.7 Å². The third kappa shape index (κ3) is 4.28. The highest BCUT2D eigenvalue weighted by atomic mass is 16.4. The number of pyridine rings is 1. The van der Waals surface area contributed by atoms with Gasteiger partial charge in [0.1, 0.15) is 0 Å². The first-order chi connectivity index (χ1) is 18.9. The molecule has 39 heavy (non-hydrogen) atoms. The number of allylic oxidation sites excluding steroid dienone is 1. The molecule has 0 saturated heterocycles. The van der Waals surface area contributed by atoms with Gasteiger partial charge in [-0.1, -0.05) is 60.7 Å². The summed E-state index contributed by atoms with van der Waals surface area (Å²) >= 11 is 0. The van der Waals surface area contributed by atoms with Gasteiger partial charge >= 0.3 is 5.97 Å². The van der Waals surface area contributed by atoms with Crippen LogP contribution in [0.3, 0.4) is 0 Å². The lowest BCUT2D eigenvalue weighted by molar-refractivity contribution is -0.116. The molecule has 1 aliphatic heterocycles. The Morgan fingerprint density at radius 2 is 1.49 bits per heavy atom. The molecular weight excluding hydrogens is 488 g/mol. The monoisotopic (exact) mass is 510 g/mol. The van der Waals surface area contributed by atoms with E-state index in [9.17, 15) is 19.5 Å². The Hall–Kier alpha value is -5.36. The maximum absolute atomic E-state index is 13.3. The standard InChI is InChI=1S/C33H22N2O4/c1-20(36)35-30-13-6-5-12-26(30)32(37)31(35)19-25-18-27(28-17-24(33(38)39)14-15-29(28)34-25)23-11-7-10-22(16-23)21-8-3-2-4-9-21/h2-19H,1H3,(H,38,39)/b31-19-. The third-order valence-corrected chi connectivity index (χ3v) is 6.82. The molecule has 188 valence electrons. The number of para-hydroxylation sites is 1. The number of anilines is 1. The van der Waals surface area contributed by atoms with Crippen LogP contribution in [0.4, 0.5) is 5.69 Å². The van der Waals surface area contributed by atoms with E-state index in [-0.39, 0.29) is 23.0 Å². The number of benzene rings is 4. The minimum Gasteiger partial charge on any atom is -0.478 e.